The molecule has 0 aliphatic carbocycles. The molecule has 1 unspecified atom stereocenters. The lowest BCUT2D eigenvalue weighted by atomic mass is 9.80. The summed E-state index contributed by atoms with van der Waals surface area (Å²) in [6.07, 6.45) is 0.562. The normalized spacial score (nSPS) is 14.3. The summed E-state index contributed by atoms with van der Waals surface area (Å²) < 4.78 is 0. The van der Waals surface area contributed by atoms with Gasteiger partial charge in [0.15, 0.2) is 0 Å². The Morgan fingerprint density at radius 3 is 2.10 bits per heavy atom. The van der Waals surface area contributed by atoms with Crippen molar-refractivity contribution in [2.45, 2.75) is 27.2 Å². The topological polar surface area (TPSA) is 23.8 Å². The summed E-state index contributed by atoms with van der Waals surface area (Å²) in [7, 11) is 0. The highest BCUT2D eigenvalue weighted by atomic mass is 35.5. The van der Waals surface area contributed by atoms with Crippen LogP contribution >= 0.6 is 11.6 Å². The fourth-order valence-corrected chi connectivity index (χ4v) is 1.27. The largest absolute Gasteiger partial charge is 0.198 e. The molecule has 0 N–H and O–H groups in total. The molecule has 1 atom stereocenters. The highest BCUT2D eigenvalue weighted by Gasteiger charge is 2.22. The van der Waals surface area contributed by atoms with Crippen LogP contribution in [0.5, 0.6) is 0 Å². The standard InChI is InChI=1S/C8H14ClN/c1-8(2,3)7(6-9)4-5-10/h7H,4,6H2,1-3H3. The van der Waals surface area contributed by atoms with E-state index in [0.717, 1.165) is 0 Å². The molecule has 0 aliphatic heterocycles. The van der Waals surface area contributed by atoms with Crippen molar-refractivity contribution in [1.29, 1.82) is 5.26 Å². The first-order valence-corrected chi connectivity index (χ1v) is 3.98. The van der Waals surface area contributed by atoms with Crippen LogP contribution in [0.4, 0.5) is 0 Å². The highest BCUT2D eigenvalue weighted by Crippen LogP contribution is 2.28. The number of hydrogen-bond acceptors (Lipinski definition) is 1. The van der Waals surface area contributed by atoms with E-state index >= 15 is 0 Å². The molecule has 0 rings (SSSR count). The first kappa shape index (κ1) is 9.78. The van der Waals surface area contributed by atoms with E-state index in [9.17, 15) is 0 Å². The van der Waals surface area contributed by atoms with Gasteiger partial charge in [-0.3, -0.25) is 0 Å². The van der Waals surface area contributed by atoms with E-state index in [1.807, 2.05) is 0 Å². The molecule has 0 aromatic heterocycles. The molecule has 0 saturated heterocycles. The van der Waals surface area contributed by atoms with Crippen molar-refractivity contribution < 1.29 is 0 Å². The van der Waals surface area contributed by atoms with Gasteiger partial charge in [0.25, 0.3) is 0 Å². The van der Waals surface area contributed by atoms with Crippen LogP contribution in [0.1, 0.15) is 27.2 Å². The third kappa shape index (κ3) is 3.08. The summed E-state index contributed by atoms with van der Waals surface area (Å²) in [5.41, 5.74) is 0.164. The summed E-state index contributed by atoms with van der Waals surface area (Å²) in [5, 5.41) is 8.42. The maximum atomic E-state index is 8.42. The molecule has 2 heteroatoms. The van der Waals surface area contributed by atoms with Crippen LogP contribution in [0.2, 0.25) is 0 Å². The Bertz CT molecular complexity index is 129. The van der Waals surface area contributed by atoms with Crippen LogP contribution in [0.15, 0.2) is 0 Å². The Kier molecular flexibility index (Phi) is 3.75. The third-order valence-electron chi connectivity index (χ3n) is 1.75. The number of hydrogen-bond donors (Lipinski definition) is 0. The zero-order valence-electron chi connectivity index (χ0n) is 6.82. The van der Waals surface area contributed by atoms with E-state index in [-0.39, 0.29) is 5.41 Å². The molecule has 0 heterocycles. The van der Waals surface area contributed by atoms with Gasteiger partial charge >= 0.3 is 0 Å². The van der Waals surface area contributed by atoms with Crippen molar-refractivity contribution in [2.24, 2.45) is 11.3 Å². The van der Waals surface area contributed by atoms with E-state index in [1.165, 1.54) is 0 Å². The minimum Gasteiger partial charge on any atom is -0.198 e. The van der Waals surface area contributed by atoms with Crippen LogP contribution in [-0.4, -0.2) is 5.88 Å². The second-order valence-electron chi connectivity index (χ2n) is 3.58. The van der Waals surface area contributed by atoms with E-state index in [4.69, 9.17) is 16.9 Å². The molecular formula is C8H14ClN. The predicted molar refractivity (Wildman–Crippen MR) is 43.9 cm³/mol. The predicted octanol–water partition coefficient (Wildman–Crippen LogP) is 2.80. The summed E-state index contributed by atoms with van der Waals surface area (Å²) in [6.45, 7) is 6.33. The fourth-order valence-electron chi connectivity index (χ4n) is 0.702. The molecule has 58 valence electrons. The Morgan fingerprint density at radius 1 is 1.50 bits per heavy atom. The minimum absolute atomic E-state index is 0.164. The van der Waals surface area contributed by atoms with Gasteiger partial charge in [0.1, 0.15) is 0 Å². The maximum Gasteiger partial charge on any atom is 0.0625 e. The summed E-state index contributed by atoms with van der Waals surface area (Å²) in [6, 6.07) is 2.14. The Morgan fingerprint density at radius 2 is 2.00 bits per heavy atom. The number of alkyl halides is 1. The molecule has 0 fully saturated rings. The second kappa shape index (κ2) is 3.83. The van der Waals surface area contributed by atoms with Crippen molar-refractivity contribution in [3.8, 4) is 6.07 Å². The molecule has 0 amide bonds. The average Bonchev–Trinajstić information content (AvgIpc) is 1.80. The van der Waals surface area contributed by atoms with Crippen molar-refractivity contribution in [1.82, 2.24) is 0 Å². The van der Waals surface area contributed by atoms with E-state index in [0.29, 0.717) is 18.2 Å². The molecule has 1 nitrogen and oxygen atoms in total. The molecule has 0 saturated carbocycles. The average molecular weight is 160 g/mol. The van der Waals surface area contributed by atoms with Gasteiger partial charge in [0.05, 0.1) is 6.07 Å². The molecule has 0 radical (unpaired) electrons. The number of nitrogens with zero attached hydrogens (tertiary/aromatic N) is 1. The molecule has 0 aromatic rings. The minimum atomic E-state index is 0.164. The zero-order chi connectivity index (χ0) is 8.20. The van der Waals surface area contributed by atoms with Gasteiger partial charge in [0.2, 0.25) is 0 Å². The number of nitriles is 1. The van der Waals surface area contributed by atoms with E-state index in [1.54, 1.807) is 0 Å². The van der Waals surface area contributed by atoms with Crippen LogP contribution in [0.3, 0.4) is 0 Å². The molecule has 0 spiro atoms. The molecular weight excluding hydrogens is 146 g/mol. The SMILES string of the molecule is CC(C)(C)C(CCl)CC#N. The molecule has 0 aromatic carbocycles. The van der Waals surface area contributed by atoms with Gasteiger partial charge < -0.3 is 0 Å². The van der Waals surface area contributed by atoms with Gasteiger partial charge in [-0.2, -0.15) is 5.26 Å². The maximum absolute atomic E-state index is 8.42. The van der Waals surface area contributed by atoms with Crippen molar-refractivity contribution in [3.05, 3.63) is 0 Å². The van der Waals surface area contributed by atoms with Crippen molar-refractivity contribution >= 4 is 11.6 Å². The number of halogens is 1. The van der Waals surface area contributed by atoms with Crippen LogP contribution in [0, 0.1) is 22.7 Å². The molecule has 0 bridgehead atoms. The van der Waals surface area contributed by atoms with Gasteiger partial charge in [-0.1, -0.05) is 20.8 Å². The highest BCUT2D eigenvalue weighted by molar-refractivity contribution is 6.18. The lowest BCUT2D eigenvalue weighted by molar-refractivity contribution is 0.269. The molecule has 0 aliphatic rings. The summed E-state index contributed by atoms with van der Waals surface area (Å²) >= 11 is 5.68. The first-order chi connectivity index (χ1) is 4.52. The Balaban J connectivity index is 3.97. The quantitative estimate of drug-likeness (QED) is 0.569. The summed E-state index contributed by atoms with van der Waals surface area (Å²) in [4.78, 5) is 0. The van der Waals surface area contributed by atoms with Gasteiger partial charge in [-0.05, 0) is 11.3 Å². The first-order valence-electron chi connectivity index (χ1n) is 3.45. The monoisotopic (exact) mass is 159 g/mol. The van der Waals surface area contributed by atoms with Gasteiger partial charge in [-0.15, -0.1) is 11.6 Å². The fraction of sp³-hybridized carbons (Fsp3) is 0.875. The lowest BCUT2D eigenvalue weighted by Crippen LogP contribution is -2.21. The number of rotatable bonds is 2. The van der Waals surface area contributed by atoms with Crippen molar-refractivity contribution in [3.63, 3.8) is 0 Å². The smallest absolute Gasteiger partial charge is 0.0625 e. The van der Waals surface area contributed by atoms with Crippen LogP contribution in [-0.2, 0) is 0 Å². The second-order valence-corrected chi connectivity index (χ2v) is 3.89. The van der Waals surface area contributed by atoms with Crippen molar-refractivity contribution in [2.75, 3.05) is 5.88 Å². The zero-order valence-corrected chi connectivity index (χ0v) is 7.57. The van der Waals surface area contributed by atoms with Crippen LogP contribution < -0.4 is 0 Å². The van der Waals surface area contributed by atoms with E-state index in [2.05, 4.69) is 26.8 Å². The third-order valence-corrected chi connectivity index (χ3v) is 2.12. The molecule has 10 heavy (non-hydrogen) atoms. The van der Waals surface area contributed by atoms with Gasteiger partial charge in [-0.25, -0.2) is 0 Å². The Hall–Kier alpha value is -0.220. The van der Waals surface area contributed by atoms with Crippen LogP contribution in [0.25, 0.3) is 0 Å². The lowest BCUT2D eigenvalue weighted by Gasteiger charge is -2.26. The van der Waals surface area contributed by atoms with Gasteiger partial charge in [0, 0.05) is 12.3 Å². The Labute approximate surface area is 68.0 Å². The summed E-state index contributed by atoms with van der Waals surface area (Å²) in [5.74, 6) is 0.899. The van der Waals surface area contributed by atoms with E-state index < -0.39 is 0 Å².